The molecule has 0 radical (unpaired) electrons. The van der Waals surface area contributed by atoms with Gasteiger partial charge in [0.1, 0.15) is 0 Å². The summed E-state index contributed by atoms with van der Waals surface area (Å²) < 4.78 is 0. The van der Waals surface area contributed by atoms with Crippen molar-refractivity contribution in [2.45, 2.75) is 137 Å². The third-order valence-corrected chi connectivity index (χ3v) is 7.78. The molecule has 4 nitrogen and oxygen atoms in total. The number of carboxylic acid groups (broad SMARTS) is 2. The summed E-state index contributed by atoms with van der Waals surface area (Å²) in [6, 6.07) is 0. The highest BCUT2D eigenvalue weighted by Crippen LogP contribution is 2.50. The summed E-state index contributed by atoms with van der Waals surface area (Å²) in [5.74, 6) is -0.756. The van der Waals surface area contributed by atoms with Gasteiger partial charge in [-0.05, 0) is 43.4 Å². The van der Waals surface area contributed by atoms with Crippen LogP contribution in [-0.4, -0.2) is 22.2 Å². The van der Waals surface area contributed by atoms with Gasteiger partial charge in [0.15, 0.2) is 0 Å². The molecule has 0 aromatic carbocycles. The van der Waals surface area contributed by atoms with Gasteiger partial charge in [0.2, 0.25) is 0 Å². The number of unbranched alkanes of at least 4 members (excludes halogenated alkanes) is 8. The van der Waals surface area contributed by atoms with Crippen LogP contribution in [0.3, 0.4) is 0 Å². The van der Waals surface area contributed by atoms with Crippen molar-refractivity contribution in [3.05, 3.63) is 0 Å². The minimum Gasteiger partial charge on any atom is -0.481 e. The standard InChI is InChI=1S/C28H52O4/c1-22(2)16-11-7-5-6-8-13-19-25-24(26(29)30)18-15-21-28(25,27(31)32)20-14-10-9-12-17-23(3)4/h22-25H,5-21H2,1-4H3,(H,29,30)(H,31,32). The third-order valence-electron chi connectivity index (χ3n) is 7.78. The summed E-state index contributed by atoms with van der Waals surface area (Å²) in [5, 5.41) is 20.2. The Hall–Kier alpha value is -1.06. The van der Waals surface area contributed by atoms with Crippen LogP contribution in [0.15, 0.2) is 0 Å². The van der Waals surface area contributed by atoms with Gasteiger partial charge in [-0.1, -0.05) is 111 Å². The lowest BCUT2D eigenvalue weighted by molar-refractivity contribution is -0.164. The monoisotopic (exact) mass is 452 g/mol. The molecule has 1 aliphatic rings. The van der Waals surface area contributed by atoms with Crippen molar-refractivity contribution < 1.29 is 19.8 Å². The van der Waals surface area contributed by atoms with Gasteiger partial charge in [-0.15, -0.1) is 0 Å². The third kappa shape index (κ3) is 10.3. The highest BCUT2D eigenvalue weighted by molar-refractivity contribution is 5.78. The lowest BCUT2D eigenvalue weighted by atomic mass is 9.58. The van der Waals surface area contributed by atoms with E-state index in [2.05, 4.69) is 27.7 Å². The number of carboxylic acids is 2. The van der Waals surface area contributed by atoms with E-state index in [4.69, 9.17) is 0 Å². The van der Waals surface area contributed by atoms with E-state index in [0.717, 1.165) is 56.8 Å². The zero-order valence-corrected chi connectivity index (χ0v) is 21.5. The van der Waals surface area contributed by atoms with Gasteiger partial charge in [0, 0.05) is 0 Å². The summed E-state index contributed by atoms with van der Waals surface area (Å²) in [7, 11) is 0. The highest BCUT2D eigenvalue weighted by atomic mass is 16.4. The molecule has 0 bridgehead atoms. The fourth-order valence-corrected chi connectivity index (χ4v) is 5.84. The second-order valence-electron chi connectivity index (χ2n) is 11.3. The maximum atomic E-state index is 12.5. The van der Waals surface area contributed by atoms with Gasteiger partial charge in [-0.25, -0.2) is 0 Å². The quantitative estimate of drug-likeness (QED) is 0.205. The van der Waals surface area contributed by atoms with Crippen LogP contribution in [0, 0.1) is 29.1 Å². The highest BCUT2D eigenvalue weighted by Gasteiger charge is 2.52. The SMILES string of the molecule is CC(C)CCCCCCCCC1C(C(=O)O)CCCC1(CCCCCCC(C)C)C(=O)O. The summed E-state index contributed by atoms with van der Waals surface area (Å²) in [6.45, 7) is 9.01. The van der Waals surface area contributed by atoms with Crippen LogP contribution in [0.25, 0.3) is 0 Å². The fraction of sp³-hybridized carbons (Fsp3) is 0.929. The maximum Gasteiger partial charge on any atom is 0.309 e. The average molecular weight is 453 g/mol. The molecule has 0 aliphatic heterocycles. The fourth-order valence-electron chi connectivity index (χ4n) is 5.84. The predicted molar refractivity (Wildman–Crippen MR) is 133 cm³/mol. The Morgan fingerprint density at radius 1 is 0.781 bits per heavy atom. The molecule has 0 heterocycles. The maximum absolute atomic E-state index is 12.5. The van der Waals surface area contributed by atoms with Gasteiger partial charge in [-0.2, -0.15) is 0 Å². The first kappa shape index (κ1) is 29.0. The lowest BCUT2D eigenvalue weighted by Gasteiger charge is -2.44. The molecule has 188 valence electrons. The van der Waals surface area contributed by atoms with E-state index >= 15 is 0 Å². The van der Waals surface area contributed by atoms with Crippen molar-refractivity contribution >= 4 is 11.9 Å². The lowest BCUT2D eigenvalue weighted by Crippen LogP contribution is -2.47. The first-order chi connectivity index (χ1) is 15.2. The number of carbonyl (C=O) groups is 2. The zero-order valence-electron chi connectivity index (χ0n) is 21.5. The Morgan fingerprint density at radius 2 is 1.28 bits per heavy atom. The van der Waals surface area contributed by atoms with Crippen molar-refractivity contribution in [2.75, 3.05) is 0 Å². The molecule has 4 heteroatoms. The van der Waals surface area contributed by atoms with Crippen LogP contribution in [0.4, 0.5) is 0 Å². The minimum absolute atomic E-state index is 0.220. The Kier molecular flexibility index (Phi) is 14.2. The topological polar surface area (TPSA) is 74.6 Å². The van der Waals surface area contributed by atoms with Crippen molar-refractivity contribution in [2.24, 2.45) is 29.1 Å². The minimum atomic E-state index is -0.837. The molecule has 2 N–H and O–H groups in total. The summed E-state index contributed by atoms with van der Waals surface area (Å²) in [6.07, 6.45) is 17.3. The molecular formula is C28H52O4. The largest absolute Gasteiger partial charge is 0.481 e. The average Bonchev–Trinajstić information content (AvgIpc) is 2.72. The van der Waals surface area contributed by atoms with E-state index in [1.165, 1.54) is 44.9 Å². The molecule has 1 rings (SSSR count). The predicted octanol–water partition coefficient (Wildman–Crippen LogP) is 8.33. The normalized spacial score (nSPS) is 23.7. The number of rotatable bonds is 18. The van der Waals surface area contributed by atoms with Crippen LogP contribution < -0.4 is 0 Å². The van der Waals surface area contributed by atoms with E-state index in [-0.39, 0.29) is 5.92 Å². The molecule has 0 aromatic heterocycles. The Morgan fingerprint density at radius 3 is 1.78 bits per heavy atom. The van der Waals surface area contributed by atoms with Crippen LogP contribution in [0.2, 0.25) is 0 Å². The van der Waals surface area contributed by atoms with E-state index in [1.54, 1.807) is 0 Å². The number of hydrogen-bond acceptors (Lipinski definition) is 2. The van der Waals surface area contributed by atoms with E-state index in [1.807, 2.05) is 0 Å². The van der Waals surface area contributed by atoms with Crippen molar-refractivity contribution in [1.82, 2.24) is 0 Å². The molecule has 3 atom stereocenters. The van der Waals surface area contributed by atoms with Crippen LogP contribution in [0.1, 0.15) is 137 Å². The zero-order chi connectivity index (χ0) is 24.0. The second-order valence-corrected chi connectivity index (χ2v) is 11.3. The van der Waals surface area contributed by atoms with E-state index in [0.29, 0.717) is 19.3 Å². The smallest absolute Gasteiger partial charge is 0.309 e. The van der Waals surface area contributed by atoms with Crippen molar-refractivity contribution in [1.29, 1.82) is 0 Å². The molecule has 3 unspecified atom stereocenters. The molecule has 1 fully saturated rings. The van der Waals surface area contributed by atoms with Gasteiger partial charge in [-0.3, -0.25) is 9.59 Å². The molecule has 0 aromatic rings. The summed E-state index contributed by atoms with van der Waals surface area (Å²) in [5.41, 5.74) is -0.837. The van der Waals surface area contributed by atoms with Gasteiger partial charge >= 0.3 is 11.9 Å². The van der Waals surface area contributed by atoms with Crippen molar-refractivity contribution in [3.63, 3.8) is 0 Å². The molecule has 0 spiro atoms. The van der Waals surface area contributed by atoms with Crippen LogP contribution in [0.5, 0.6) is 0 Å². The summed E-state index contributed by atoms with van der Waals surface area (Å²) in [4.78, 5) is 24.6. The van der Waals surface area contributed by atoms with Crippen molar-refractivity contribution in [3.8, 4) is 0 Å². The second kappa shape index (κ2) is 15.7. The van der Waals surface area contributed by atoms with Gasteiger partial charge in [0.25, 0.3) is 0 Å². The number of aliphatic carboxylic acids is 2. The van der Waals surface area contributed by atoms with E-state index < -0.39 is 23.3 Å². The Balaban J connectivity index is 2.61. The molecule has 0 saturated heterocycles. The van der Waals surface area contributed by atoms with Gasteiger partial charge < -0.3 is 10.2 Å². The Labute approximate surface area is 197 Å². The molecular weight excluding hydrogens is 400 g/mol. The first-order valence-electron chi connectivity index (χ1n) is 13.7. The van der Waals surface area contributed by atoms with Gasteiger partial charge in [0.05, 0.1) is 11.3 Å². The Bertz CT molecular complexity index is 528. The van der Waals surface area contributed by atoms with Crippen LogP contribution in [-0.2, 0) is 9.59 Å². The van der Waals surface area contributed by atoms with Crippen LogP contribution >= 0.6 is 0 Å². The molecule has 1 saturated carbocycles. The molecule has 1 aliphatic carbocycles. The molecule has 32 heavy (non-hydrogen) atoms. The molecule has 0 amide bonds. The summed E-state index contributed by atoms with van der Waals surface area (Å²) >= 11 is 0. The first-order valence-corrected chi connectivity index (χ1v) is 13.7. The van der Waals surface area contributed by atoms with E-state index in [9.17, 15) is 19.8 Å². The number of hydrogen-bond donors (Lipinski definition) is 2.